The Hall–Kier alpha value is -2.14. The molecule has 1 amide bonds. The van der Waals surface area contributed by atoms with Gasteiger partial charge in [0.05, 0.1) is 12.3 Å². The molecule has 0 aliphatic rings. The topological polar surface area (TPSA) is 75.4 Å². The highest BCUT2D eigenvalue weighted by Crippen LogP contribution is 2.20. The van der Waals surface area contributed by atoms with Gasteiger partial charge in [-0.25, -0.2) is 4.98 Å². The third-order valence-electron chi connectivity index (χ3n) is 3.45. The zero-order valence-corrected chi connectivity index (χ0v) is 12.8. The number of aryl methyl sites for hydroxylation is 1. The first kappa shape index (κ1) is 16.2. The van der Waals surface area contributed by atoms with E-state index in [4.69, 9.17) is 4.42 Å². The lowest BCUT2D eigenvalue weighted by atomic mass is 10.2. The lowest BCUT2D eigenvalue weighted by molar-refractivity contribution is -0.121. The van der Waals surface area contributed by atoms with Crippen LogP contribution in [0.25, 0.3) is 11.3 Å². The van der Waals surface area contributed by atoms with Crippen LogP contribution in [0.5, 0.6) is 0 Å². The molecule has 2 aromatic rings. The normalized spacial score (nSPS) is 12.1. The molecular formula is C17H22N2O3. The van der Waals surface area contributed by atoms with E-state index in [9.17, 15) is 9.90 Å². The molecule has 1 aromatic carbocycles. The van der Waals surface area contributed by atoms with Crippen molar-refractivity contribution in [2.75, 3.05) is 6.54 Å². The zero-order chi connectivity index (χ0) is 15.8. The Morgan fingerprint density at radius 1 is 1.36 bits per heavy atom. The summed E-state index contributed by atoms with van der Waals surface area (Å²) in [7, 11) is 0. The summed E-state index contributed by atoms with van der Waals surface area (Å²) in [5, 5.41) is 12.2. The first-order valence-corrected chi connectivity index (χ1v) is 7.64. The van der Waals surface area contributed by atoms with Crippen LogP contribution in [0.1, 0.15) is 32.1 Å². The number of carbonyl (C=O) groups is 1. The van der Waals surface area contributed by atoms with Gasteiger partial charge in [0, 0.05) is 24.9 Å². The molecule has 0 saturated heterocycles. The van der Waals surface area contributed by atoms with E-state index in [1.807, 2.05) is 37.3 Å². The van der Waals surface area contributed by atoms with E-state index in [-0.39, 0.29) is 12.0 Å². The second kappa shape index (κ2) is 8.34. The van der Waals surface area contributed by atoms with Crippen molar-refractivity contribution in [3.8, 4) is 11.3 Å². The average Bonchev–Trinajstić information content (AvgIpc) is 3.02. The first-order chi connectivity index (χ1) is 10.7. The molecule has 5 nitrogen and oxygen atoms in total. The van der Waals surface area contributed by atoms with Gasteiger partial charge in [0.25, 0.3) is 0 Å². The van der Waals surface area contributed by atoms with Crippen molar-refractivity contribution in [2.24, 2.45) is 0 Å². The van der Waals surface area contributed by atoms with Crippen LogP contribution in [0.4, 0.5) is 0 Å². The van der Waals surface area contributed by atoms with Gasteiger partial charge in [-0.3, -0.25) is 4.79 Å². The van der Waals surface area contributed by atoms with Crippen LogP contribution in [0.15, 0.2) is 40.9 Å². The van der Waals surface area contributed by atoms with Crippen LogP contribution in [-0.4, -0.2) is 28.6 Å². The molecule has 1 heterocycles. The summed E-state index contributed by atoms with van der Waals surface area (Å²) in [5.74, 6) is 1.22. The van der Waals surface area contributed by atoms with Crippen molar-refractivity contribution in [1.82, 2.24) is 10.3 Å². The molecule has 118 valence electrons. The van der Waals surface area contributed by atoms with Crippen LogP contribution >= 0.6 is 0 Å². The second-order valence-electron chi connectivity index (χ2n) is 5.18. The summed E-state index contributed by atoms with van der Waals surface area (Å²) < 4.78 is 5.65. The molecular weight excluding hydrogens is 280 g/mol. The summed E-state index contributed by atoms with van der Waals surface area (Å²) in [4.78, 5) is 15.9. The highest BCUT2D eigenvalue weighted by atomic mass is 16.4. The fourth-order valence-corrected chi connectivity index (χ4v) is 2.05. The molecule has 5 heteroatoms. The highest BCUT2D eigenvalue weighted by molar-refractivity contribution is 5.76. The fourth-order valence-electron chi connectivity index (χ4n) is 2.05. The number of carbonyl (C=O) groups excluding carboxylic acids is 1. The maximum absolute atomic E-state index is 11.7. The summed E-state index contributed by atoms with van der Waals surface area (Å²) >= 11 is 0. The number of aromatic nitrogens is 1. The number of aliphatic hydroxyl groups excluding tert-OH is 1. The number of benzene rings is 1. The minimum absolute atomic E-state index is 0.0530. The number of hydrogen-bond acceptors (Lipinski definition) is 4. The molecule has 0 spiro atoms. The minimum atomic E-state index is -0.347. The Balaban J connectivity index is 1.75. The predicted molar refractivity (Wildman–Crippen MR) is 84.2 cm³/mol. The van der Waals surface area contributed by atoms with E-state index in [0.717, 1.165) is 5.56 Å². The van der Waals surface area contributed by atoms with Crippen molar-refractivity contribution in [3.63, 3.8) is 0 Å². The monoisotopic (exact) mass is 302 g/mol. The highest BCUT2D eigenvalue weighted by Gasteiger charge is 2.09. The number of hydrogen-bond donors (Lipinski definition) is 2. The zero-order valence-electron chi connectivity index (χ0n) is 12.8. The Morgan fingerprint density at radius 3 is 2.86 bits per heavy atom. The van der Waals surface area contributed by atoms with Gasteiger partial charge < -0.3 is 14.8 Å². The van der Waals surface area contributed by atoms with Crippen molar-refractivity contribution in [1.29, 1.82) is 0 Å². The number of amides is 1. The van der Waals surface area contributed by atoms with Gasteiger partial charge in [-0.1, -0.05) is 37.3 Å². The lowest BCUT2D eigenvalue weighted by Gasteiger charge is -2.08. The largest absolute Gasteiger partial charge is 0.441 e. The Labute approximate surface area is 130 Å². The van der Waals surface area contributed by atoms with Gasteiger partial charge in [-0.05, 0) is 12.8 Å². The summed E-state index contributed by atoms with van der Waals surface area (Å²) in [6.07, 6.45) is 3.42. The molecule has 22 heavy (non-hydrogen) atoms. The molecule has 1 aromatic heterocycles. The van der Waals surface area contributed by atoms with E-state index in [0.29, 0.717) is 43.9 Å². The van der Waals surface area contributed by atoms with E-state index >= 15 is 0 Å². The molecule has 0 aliphatic heterocycles. The van der Waals surface area contributed by atoms with E-state index in [2.05, 4.69) is 10.3 Å². The summed E-state index contributed by atoms with van der Waals surface area (Å²) in [6, 6.07) is 9.73. The van der Waals surface area contributed by atoms with Crippen LogP contribution in [0, 0.1) is 0 Å². The second-order valence-corrected chi connectivity index (χ2v) is 5.18. The summed E-state index contributed by atoms with van der Waals surface area (Å²) in [5.41, 5.74) is 0.972. The average molecular weight is 302 g/mol. The van der Waals surface area contributed by atoms with Crippen LogP contribution in [0.2, 0.25) is 0 Å². The van der Waals surface area contributed by atoms with Crippen LogP contribution < -0.4 is 5.32 Å². The van der Waals surface area contributed by atoms with Gasteiger partial charge in [0.2, 0.25) is 5.91 Å². The maximum Gasteiger partial charge on any atom is 0.220 e. The van der Waals surface area contributed by atoms with Crippen molar-refractivity contribution in [2.45, 2.75) is 38.7 Å². The van der Waals surface area contributed by atoms with Gasteiger partial charge in [0.15, 0.2) is 11.7 Å². The number of nitrogens with one attached hydrogen (secondary N) is 1. The summed E-state index contributed by atoms with van der Waals surface area (Å²) in [6.45, 7) is 2.41. The number of aliphatic hydroxyl groups is 1. The smallest absolute Gasteiger partial charge is 0.220 e. The first-order valence-electron chi connectivity index (χ1n) is 7.64. The van der Waals surface area contributed by atoms with Gasteiger partial charge in [-0.15, -0.1) is 0 Å². The molecule has 2 rings (SSSR count). The third-order valence-corrected chi connectivity index (χ3v) is 3.45. The Bertz CT molecular complexity index is 581. The number of nitrogens with zero attached hydrogens (tertiary/aromatic N) is 1. The number of rotatable bonds is 8. The molecule has 0 bridgehead atoms. The maximum atomic E-state index is 11.7. The molecule has 1 atom stereocenters. The Morgan fingerprint density at radius 2 is 2.14 bits per heavy atom. The lowest BCUT2D eigenvalue weighted by Crippen LogP contribution is -2.27. The van der Waals surface area contributed by atoms with E-state index in [1.54, 1.807) is 6.20 Å². The molecule has 0 radical (unpaired) electrons. The Kier molecular flexibility index (Phi) is 6.15. The SMILES string of the molecule is CCC(O)CCNC(=O)CCc1ncc(-c2ccccc2)o1. The van der Waals surface area contributed by atoms with Gasteiger partial charge in [0.1, 0.15) is 0 Å². The molecule has 0 saturated carbocycles. The third kappa shape index (κ3) is 5.00. The van der Waals surface area contributed by atoms with Crippen LogP contribution in [-0.2, 0) is 11.2 Å². The standard InChI is InChI=1S/C17H22N2O3/c1-2-14(20)10-11-18-16(21)8-9-17-19-12-15(22-17)13-6-4-3-5-7-13/h3-7,12,14,20H,2,8-11H2,1H3,(H,18,21). The fraction of sp³-hybridized carbons (Fsp3) is 0.412. The van der Waals surface area contributed by atoms with E-state index in [1.165, 1.54) is 0 Å². The quantitative estimate of drug-likeness (QED) is 0.786. The molecule has 1 unspecified atom stereocenters. The van der Waals surface area contributed by atoms with E-state index < -0.39 is 0 Å². The van der Waals surface area contributed by atoms with Crippen molar-refractivity contribution >= 4 is 5.91 Å². The predicted octanol–water partition coefficient (Wildman–Crippen LogP) is 2.55. The van der Waals surface area contributed by atoms with Crippen molar-refractivity contribution < 1.29 is 14.3 Å². The number of oxazole rings is 1. The minimum Gasteiger partial charge on any atom is -0.441 e. The molecule has 0 aliphatic carbocycles. The van der Waals surface area contributed by atoms with Gasteiger partial charge >= 0.3 is 0 Å². The van der Waals surface area contributed by atoms with Crippen LogP contribution in [0.3, 0.4) is 0 Å². The molecule has 0 fully saturated rings. The van der Waals surface area contributed by atoms with Gasteiger partial charge in [-0.2, -0.15) is 0 Å². The van der Waals surface area contributed by atoms with Crippen molar-refractivity contribution in [3.05, 3.63) is 42.4 Å². The molecule has 2 N–H and O–H groups in total.